The van der Waals surface area contributed by atoms with Gasteiger partial charge in [0.25, 0.3) is 0 Å². The third-order valence-electron chi connectivity index (χ3n) is 2.64. The van der Waals surface area contributed by atoms with Gasteiger partial charge in [0, 0.05) is 15.7 Å². The Morgan fingerprint density at radius 2 is 2.00 bits per heavy atom. The molecule has 18 heavy (non-hydrogen) atoms. The Hall–Kier alpha value is -1.86. The first-order valence-electron chi connectivity index (χ1n) is 5.33. The monoisotopic (exact) mass is 304 g/mol. The molecule has 0 radical (unpaired) electrons. The second kappa shape index (κ2) is 5.19. The average molecular weight is 305 g/mol. The third kappa shape index (κ3) is 2.52. The molecule has 0 bridgehead atoms. The molecule has 1 N–H and O–H groups in total. The molecule has 0 heterocycles. The van der Waals surface area contributed by atoms with E-state index in [1.54, 1.807) is 31.2 Å². The van der Waals surface area contributed by atoms with Crippen molar-refractivity contribution in [2.45, 2.75) is 6.92 Å². The summed E-state index contributed by atoms with van der Waals surface area (Å²) in [4.78, 5) is 0. The first-order chi connectivity index (χ1) is 8.61. The lowest BCUT2D eigenvalue weighted by molar-refractivity contribution is 0.619. The molecule has 0 aliphatic heterocycles. The maximum atomic E-state index is 13.4. The van der Waals surface area contributed by atoms with Gasteiger partial charge >= 0.3 is 0 Å². The summed E-state index contributed by atoms with van der Waals surface area (Å²) >= 11 is 3.38. The van der Waals surface area contributed by atoms with Gasteiger partial charge in [-0.1, -0.05) is 6.07 Å². The van der Waals surface area contributed by atoms with Crippen LogP contribution in [0.15, 0.2) is 40.9 Å². The van der Waals surface area contributed by atoms with Crippen LogP contribution in [0.4, 0.5) is 15.8 Å². The van der Waals surface area contributed by atoms with Gasteiger partial charge in [0.05, 0.1) is 17.3 Å². The minimum absolute atomic E-state index is 0.246. The molecule has 2 rings (SSSR count). The summed E-state index contributed by atoms with van der Waals surface area (Å²) in [5.41, 5.74) is 2.64. The highest BCUT2D eigenvalue weighted by Crippen LogP contribution is 2.28. The van der Waals surface area contributed by atoms with Crippen molar-refractivity contribution in [3.63, 3.8) is 0 Å². The number of hydrogen-bond acceptors (Lipinski definition) is 2. The average Bonchev–Trinajstić information content (AvgIpc) is 2.37. The smallest absolute Gasteiger partial charge is 0.128 e. The Bertz CT molecular complexity index is 632. The number of nitrogens with zero attached hydrogens (tertiary/aromatic N) is 1. The van der Waals surface area contributed by atoms with Crippen molar-refractivity contribution < 1.29 is 4.39 Å². The largest absolute Gasteiger partial charge is 0.354 e. The molecule has 0 saturated heterocycles. The molecule has 0 amide bonds. The van der Waals surface area contributed by atoms with Crippen LogP contribution in [0.2, 0.25) is 0 Å². The van der Waals surface area contributed by atoms with Gasteiger partial charge in [-0.2, -0.15) is 5.26 Å². The summed E-state index contributed by atoms with van der Waals surface area (Å²) in [6.45, 7) is 1.72. The lowest BCUT2D eigenvalue weighted by Gasteiger charge is -2.11. The van der Waals surface area contributed by atoms with Gasteiger partial charge < -0.3 is 5.32 Å². The summed E-state index contributed by atoms with van der Waals surface area (Å²) in [7, 11) is 0. The van der Waals surface area contributed by atoms with E-state index in [0.29, 0.717) is 16.8 Å². The molecular weight excluding hydrogens is 295 g/mol. The van der Waals surface area contributed by atoms with E-state index in [4.69, 9.17) is 5.26 Å². The SMILES string of the molecule is Cc1c(F)cccc1Nc1ccc(C#N)cc1Br. The van der Waals surface area contributed by atoms with E-state index in [2.05, 4.69) is 27.3 Å². The predicted molar refractivity (Wildman–Crippen MR) is 73.3 cm³/mol. The minimum Gasteiger partial charge on any atom is -0.354 e. The fourth-order valence-corrected chi connectivity index (χ4v) is 2.05. The molecule has 0 atom stereocenters. The van der Waals surface area contributed by atoms with Crippen LogP contribution < -0.4 is 5.32 Å². The van der Waals surface area contributed by atoms with E-state index in [-0.39, 0.29) is 5.82 Å². The normalized spacial score (nSPS) is 9.89. The van der Waals surface area contributed by atoms with Gasteiger partial charge in [0.2, 0.25) is 0 Å². The Labute approximate surface area is 113 Å². The Morgan fingerprint density at radius 1 is 1.22 bits per heavy atom. The van der Waals surface area contributed by atoms with Crippen LogP contribution in [-0.4, -0.2) is 0 Å². The molecule has 0 saturated carbocycles. The van der Waals surface area contributed by atoms with Crippen molar-refractivity contribution in [1.29, 1.82) is 5.26 Å². The van der Waals surface area contributed by atoms with E-state index in [1.165, 1.54) is 6.07 Å². The summed E-state index contributed by atoms with van der Waals surface area (Å²) < 4.78 is 14.2. The van der Waals surface area contributed by atoms with Gasteiger partial charge in [-0.15, -0.1) is 0 Å². The highest BCUT2D eigenvalue weighted by molar-refractivity contribution is 9.10. The third-order valence-corrected chi connectivity index (χ3v) is 3.29. The Balaban J connectivity index is 2.35. The number of benzene rings is 2. The summed E-state index contributed by atoms with van der Waals surface area (Å²) in [6.07, 6.45) is 0. The molecule has 2 nitrogen and oxygen atoms in total. The van der Waals surface area contributed by atoms with Crippen LogP contribution in [0.25, 0.3) is 0 Å². The van der Waals surface area contributed by atoms with Crippen molar-refractivity contribution in [2.75, 3.05) is 5.32 Å². The van der Waals surface area contributed by atoms with Gasteiger partial charge in [-0.3, -0.25) is 0 Å². The summed E-state index contributed by atoms with van der Waals surface area (Å²) in [6, 6.07) is 12.2. The first-order valence-corrected chi connectivity index (χ1v) is 6.13. The maximum absolute atomic E-state index is 13.4. The lowest BCUT2D eigenvalue weighted by Crippen LogP contribution is -1.96. The van der Waals surface area contributed by atoms with Crippen molar-refractivity contribution in [3.05, 3.63) is 57.8 Å². The van der Waals surface area contributed by atoms with Gasteiger partial charge in [-0.05, 0) is 53.2 Å². The lowest BCUT2D eigenvalue weighted by atomic mass is 10.1. The molecule has 2 aromatic carbocycles. The molecule has 0 aromatic heterocycles. The van der Waals surface area contributed by atoms with E-state index >= 15 is 0 Å². The van der Waals surface area contributed by atoms with Crippen LogP contribution in [-0.2, 0) is 0 Å². The topological polar surface area (TPSA) is 35.8 Å². The quantitative estimate of drug-likeness (QED) is 0.886. The van der Waals surface area contributed by atoms with Gasteiger partial charge in [-0.25, -0.2) is 4.39 Å². The van der Waals surface area contributed by atoms with Crippen LogP contribution >= 0.6 is 15.9 Å². The summed E-state index contributed by atoms with van der Waals surface area (Å²) in [5.74, 6) is -0.246. The summed E-state index contributed by atoms with van der Waals surface area (Å²) in [5, 5.41) is 11.9. The molecule has 0 aliphatic carbocycles. The van der Waals surface area contributed by atoms with Crippen molar-refractivity contribution in [2.24, 2.45) is 0 Å². The molecule has 0 fully saturated rings. The zero-order valence-corrected chi connectivity index (χ0v) is 11.3. The fourth-order valence-electron chi connectivity index (χ4n) is 1.57. The first kappa shape index (κ1) is 12.6. The number of nitriles is 1. The molecule has 4 heteroatoms. The van der Waals surface area contributed by atoms with Crippen molar-refractivity contribution in [1.82, 2.24) is 0 Å². The molecule has 90 valence electrons. The Morgan fingerprint density at radius 3 is 2.67 bits per heavy atom. The fraction of sp³-hybridized carbons (Fsp3) is 0.0714. The molecule has 0 spiro atoms. The van der Waals surface area contributed by atoms with E-state index in [0.717, 1.165) is 10.2 Å². The van der Waals surface area contributed by atoms with Gasteiger partial charge in [0.1, 0.15) is 5.82 Å². The Kier molecular flexibility index (Phi) is 3.63. The molecule has 2 aromatic rings. The second-order valence-electron chi connectivity index (χ2n) is 3.84. The van der Waals surface area contributed by atoms with Crippen LogP contribution in [0.1, 0.15) is 11.1 Å². The highest BCUT2D eigenvalue weighted by Gasteiger charge is 2.06. The number of hydrogen-bond donors (Lipinski definition) is 1. The standard InChI is InChI=1S/C14H10BrFN2/c1-9-12(16)3-2-4-13(9)18-14-6-5-10(8-17)7-11(14)15/h2-7,18H,1H3. The molecule has 0 unspecified atom stereocenters. The van der Waals surface area contributed by atoms with Gasteiger partial charge in [0.15, 0.2) is 0 Å². The number of anilines is 2. The van der Waals surface area contributed by atoms with Crippen LogP contribution in [0.5, 0.6) is 0 Å². The molecule has 0 aliphatic rings. The number of nitrogens with one attached hydrogen (secondary N) is 1. The number of halogens is 2. The van der Waals surface area contributed by atoms with E-state index in [9.17, 15) is 4.39 Å². The highest BCUT2D eigenvalue weighted by atomic mass is 79.9. The van der Waals surface area contributed by atoms with E-state index in [1.807, 2.05) is 6.07 Å². The number of rotatable bonds is 2. The predicted octanol–water partition coefficient (Wildman–Crippen LogP) is 4.51. The minimum atomic E-state index is -0.246. The zero-order valence-electron chi connectivity index (χ0n) is 9.67. The van der Waals surface area contributed by atoms with Crippen LogP contribution in [0.3, 0.4) is 0 Å². The molecular formula is C14H10BrFN2. The van der Waals surface area contributed by atoms with Crippen molar-refractivity contribution in [3.8, 4) is 6.07 Å². The maximum Gasteiger partial charge on any atom is 0.128 e. The van der Waals surface area contributed by atoms with Crippen LogP contribution in [0, 0.1) is 24.1 Å². The van der Waals surface area contributed by atoms with Crippen molar-refractivity contribution >= 4 is 27.3 Å². The second-order valence-corrected chi connectivity index (χ2v) is 4.70. The zero-order chi connectivity index (χ0) is 13.1. The van der Waals surface area contributed by atoms with E-state index < -0.39 is 0 Å².